The first-order valence-electron chi connectivity index (χ1n) is 10.6. The van der Waals surface area contributed by atoms with Crippen LogP contribution in [0.5, 0.6) is 0 Å². The first-order valence-corrected chi connectivity index (χ1v) is 14.3. The predicted octanol–water partition coefficient (Wildman–Crippen LogP) is 9.41. The van der Waals surface area contributed by atoms with Crippen molar-refractivity contribution in [2.45, 2.75) is 6.16 Å². The van der Waals surface area contributed by atoms with E-state index in [0.717, 1.165) is 44.3 Å². The lowest BCUT2D eigenvalue weighted by molar-refractivity contribution is 0.592. The molecule has 5 rings (SSSR count). The van der Waals surface area contributed by atoms with Crippen LogP contribution in [0.3, 0.4) is 0 Å². The molecule has 0 saturated heterocycles. The van der Waals surface area contributed by atoms with Gasteiger partial charge in [-0.2, -0.15) is 0 Å². The molecule has 0 radical (unpaired) electrons. The molecule has 4 aromatic carbocycles. The van der Waals surface area contributed by atoms with Gasteiger partial charge in [0.2, 0.25) is 0 Å². The van der Waals surface area contributed by atoms with Gasteiger partial charge in [-0.1, -0.05) is 103 Å². The molecule has 0 N–H and O–H groups in total. The first kappa shape index (κ1) is 21.9. The maximum atomic E-state index is 12.5. The molecule has 0 aliphatic rings. The molecule has 1 aromatic heterocycles. The average Bonchev–Trinajstić information content (AvgIpc) is 2.83. The standard InChI is InChI=1S/C28H20Cl2NOP/c29-33(30,32)19-25-26(21-13-6-2-7-14-21)27(22-15-8-3-9-16-22)28-23(17-10-18-24(28)31-25)20-11-4-1-5-12-20/h1-18H,19H2. The van der Waals surface area contributed by atoms with Gasteiger partial charge >= 0.3 is 0 Å². The predicted molar refractivity (Wildman–Crippen MR) is 141 cm³/mol. The zero-order valence-electron chi connectivity index (χ0n) is 17.7. The molecule has 162 valence electrons. The molecule has 1 heterocycles. The van der Waals surface area contributed by atoms with E-state index in [4.69, 9.17) is 27.5 Å². The Morgan fingerprint density at radius 2 is 1.12 bits per heavy atom. The summed E-state index contributed by atoms with van der Waals surface area (Å²) in [7, 11) is 0. The SMILES string of the molecule is O=P(Cl)(Cl)Cc1nc2cccc(-c3ccccc3)c2c(-c2ccccc2)c1-c1ccccc1. The maximum Gasteiger partial charge on any atom is 0.258 e. The lowest BCUT2D eigenvalue weighted by Crippen LogP contribution is -2.00. The molecule has 0 atom stereocenters. The number of pyridine rings is 1. The van der Waals surface area contributed by atoms with Gasteiger partial charge in [-0.15, -0.1) is 0 Å². The molecule has 0 aliphatic carbocycles. The van der Waals surface area contributed by atoms with Crippen molar-refractivity contribution in [2.24, 2.45) is 0 Å². The number of hydrogen-bond donors (Lipinski definition) is 0. The molecule has 0 aliphatic heterocycles. The van der Waals surface area contributed by atoms with Gasteiger partial charge < -0.3 is 0 Å². The van der Waals surface area contributed by atoms with Crippen LogP contribution >= 0.6 is 28.3 Å². The summed E-state index contributed by atoms with van der Waals surface area (Å²) in [6.45, 7) is 0. The van der Waals surface area contributed by atoms with Crippen molar-refractivity contribution < 1.29 is 4.57 Å². The monoisotopic (exact) mass is 487 g/mol. The van der Waals surface area contributed by atoms with Crippen LogP contribution in [0.1, 0.15) is 5.69 Å². The van der Waals surface area contributed by atoms with E-state index in [9.17, 15) is 4.57 Å². The van der Waals surface area contributed by atoms with Crippen molar-refractivity contribution in [1.29, 1.82) is 0 Å². The summed E-state index contributed by atoms with van der Waals surface area (Å²) >= 11 is 12.2. The third-order valence-electron chi connectivity index (χ3n) is 5.63. The summed E-state index contributed by atoms with van der Waals surface area (Å²) < 4.78 is 12.5. The molecule has 0 saturated carbocycles. The summed E-state index contributed by atoms with van der Waals surface area (Å²) in [6.07, 6.45) is -0.00826. The zero-order valence-corrected chi connectivity index (χ0v) is 20.1. The smallest absolute Gasteiger partial charge is 0.258 e. The molecule has 5 heteroatoms. The van der Waals surface area contributed by atoms with Crippen molar-refractivity contribution in [1.82, 2.24) is 4.98 Å². The largest absolute Gasteiger partial charge is 0.289 e. The van der Waals surface area contributed by atoms with Gasteiger partial charge in [0.25, 0.3) is 5.85 Å². The third kappa shape index (κ3) is 4.61. The highest BCUT2D eigenvalue weighted by molar-refractivity contribution is 8.08. The Morgan fingerprint density at radius 3 is 1.67 bits per heavy atom. The molecular formula is C28H20Cl2NOP. The lowest BCUT2D eigenvalue weighted by atomic mass is 9.87. The Morgan fingerprint density at radius 1 is 0.606 bits per heavy atom. The van der Waals surface area contributed by atoms with E-state index in [0.29, 0.717) is 5.69 Å². The maximum absolute atomic E-state index is 12.5. The topological polar surface area (TPSA) is 30.0 Å². The molecule has 0 unspecified atom stereocenters. The van der Waals surface area contributed by atoms with Crippen LogP contribution in [0.4, 0.5) is 0 Å². The second kappa shape index (κ2) is 9.15. The fourth-order valence-electron chi connectivity index (χ4n) is 4.32. The summed E-state index contributed by atoms with van der Waals surface area (Å²) in [5, 5.41) is 1.04. The Kier molecular flexibility index (Phi) is 6.08. The number of nitrogens with zero attached hydrogens (tertiary/aromatic N) is 1. The van der Waals surface area contributed by atoms with Crippen molar-refractivity contribution >= 4 is 39.2 Å². The van der Waals surface area contributed by atoms with E-state index in [1.54, 1.807) is 0 Å². The van der Waals surface area contributed by atoms with Crippen LogP contribution in [0.15, 0.2) is 109 Å². The van der Waals surface area contributed by atoms with E-state index < -0.39 is 5.85 Å². The molecule has 2 nitrogen and oxygen atoms in total. The van der Waals surface area contributed by atoms with Gasteiger partial charge in [-0.25, -0.2) is 0 Å². The second-order valence-corrected chi connectivity index (χ2v) is 13.1. The third-order valence-corrected chi connectivity index (χ3v) is 7.01. The van der Waals surface area contributed by atoms with Gasteiger partial charge in [0.1, 0.15) is 0 Å². The van der Waals surface area contributed by atoms with Crippen molar-refractivity contribution in [3.63, 3.8) is 0 Å². The minimum Gasteiger partial charge on any atom is -0.289 e. The highest BCUT2D eigenvalue weighted by Gasteiger charge is 2.25. The highest BCUT2D eigenvalue weighted by atomic mass is 35.9. The van der Waals surface area contributed by atoms with Crippen LogP contribution in [0, 0.1) is 0 Å². The normalized spacial score (nSPS) is 11.6. The van der Waals surface area contributed by atoms with E-state index in [2.05, 4.69) is 30.3 Å². The van der Waals surface area contributed by atoms with Gasteiger partial charge in [0.15, 0.2) is 0 Å². The minimum absolute atomic E-state index is 0.00826. The molecule has 0 spiro atoms. The highest BCUT2D eigenvalue weighted by Crippen LogP contribution is 2.60. The summed E-state index contributed by atoms with van der Waals surface area (Å²) in [6, 6.07) is 36.6. The fourth-order valence-corrected chi connectivity index (χ4v) is 5.58. The number of rotatable bonds is 5. The van der Waals surface area contributed by atoms with Gasteiger partial charge in [-0.3, -0.25) is 9.55 Å². The van der Waals surface area contributed by atoms with Gasteiger partial charge in [0.05, 0.1) is 17.4 Å². The van der Waals surface area contributed by atoms with Crippen molar-refractivity contribution in [3.05, 3.63) is 115 Å². The van der Waals surface area contributed by atoms with Crippen LogP contribution in [0.25, 0.3) is 44.3 Å². The van der Waals surface area contributed by atoms with E-state index in [1.165, 1.54) is 0 Å². The van der Waals surface area contributed by atoms with Crippen LogP contribution in [-0.4, -0.2) is 4.98 Å². The molecular weight excluding hydrogens is 468 g/mol. The quantitative estimate of drug-likeness (QED) is 0.231. The summed E-state index contributed by atoms with van der Waals surface area (Å²) in [5.74, 6) is -3.41. The lowest BCUT2D eigenvalue weighted by Gasteiger charge is -2.20. The molecule has 0 bridgehead atoms. The first-order chi connectivity index (χ1) is 16.0. The number of hydrogen-bond acceptors (Lipinski definition) is 2. The van der Waals surface area contributed by atoms with Crippen molar-refractivity contribution in [2.75, 3.05) is 0 Å². The number of benzene rings is 4. The van der Waals surface area contributed by atoms with Crippen LogP contribution < -0.4 is 0 Å². The summed E-state index contributed by atoms with van der Waals surface area (Å²) in [5.41, 5.74) is 7.59. The minimum atomic E-state index is -3.41. The van der Waals surface area contributed by atoms with Crippen LogP contribution in [-0.2, 0) is 10.7 Å². The number of aromatic nitrogens is 1. The van der Waals surface area contributed by atoms with E-state index in [1.807, 2.05) is 78.9 Å². The average molecular weight is 488 g/mol. The van der Waals surface area contributed by atoms with Gasteiger partial charge in [0, 0.05) is 16.5 Å². The summed E-state index contributed by atoms with van der Waals surface area (Å²) in [4.78, 5) is 4.97. The second-order valence-electron chi connectivity index (χ2n) is 7.83. The number of fused-ring (bicyclic) bond motifs is 1. The van der Waals surface area contributed by atoms with E-state index >= 15 is 0 Å². The van der Waals surface area contributed by atoms with E-state index in [-0.39, 0.29) is 6.16 Å². The molecule has 0 amide bonds. The molecule has 33 heavy (non-hydrogen) atoms. The molecule has 0 fully saturated rings. The van der Waals surface area contributed by atoms with Gasteiger partial charge in [-0.05, 0) is 50.8 Å². The Bertz CT molecular complexity index is 1470. The molecule has 5 aromatic rings. The van der Waals surface area contributed by atoms with Crippen molar-refractivity contribution in [3.8, 4) is 33.4 Å². The Balaban J connectivity index is 1.98. The Hall–Kier alpha value is -2.90. The van der Waals surface area contributed by atoms with Crippen LogP contribution in [0.2, 0.25) is 0 Å². The Labute approximate surface area is 202 Å². The zero-order chi connectivity index (χ0) is 22.8. The number of halogens is 2. The fraction of sp³-hybridized carbons (Fsp3) is 0.0357.